The molecule has 2 atom stereocenters. The first-order valence-corrected chi connectivity index (χ1v) is 5.81. The second-order valence-corrected chi connectivity index (χ2v) is 4.59. The lowest BCUT2D eigenvalue weighted by atomic mass is 9.97. The molecule has 0 spiro atoms. The fraction of sp³-hybridized carbons (Fsp3) is 0.909. The number of nitrogens with two attached hydrogens (primary N) is 1. The Morgan fingerprint density at radius 2 is 2.20 bits per heavy atom. The lowest BCUT2D eigenvalue weighted by Crippen LogP contribution is -2.57. The molecule has 88 valence electrons. The van der Waals surface area contributed by atoms with Crippen LogP contribution in [0, 0.1) is 0 Å². The molecule has 1 aliphatic rings. The quantitative estimate of drug-likeness (QED) is 0.525. The van der Waals surface area contributed by atoms with E-state index in [1.807, 2.05) is 0 Å². The molecule has 0 amide bonds. The molecule has 1 unspecified atom stereocenters. The first-order valence-electron chi connectivity index (χ1n) is 5.81. The van der Waals surface area contributed by atoms with E-state index in [-0.39, 0.29) is 0 Å². The van der Waals surface area contributed by atoms with Gasteiger partial charge >= 0.3 is 0 Å². The third kappa shape index (κ3) is 3.09. The molecule has 1 fully saturated rings. The van der Waals surface area contributed by atoms with E-state index < -0.39 is 0 Å². The largest absolute Gasteiger partial charge is 0.370 e. The molecule has 1 rings (SSSR count). The Balaban J connectivity index is 2.62. The molecule has 1 aliphatic heterocycles. The fourth-order valence-corrected chi connectivity index (χ4v) is 2.25. The zero-order chi connectivity index (χ0) is 11.4. The fourth-order valence-electron chi connectivity index (χ4n) is 2.25. The summed E-state index contributed by atoms with van der Waals surface area (Å²) in [6.07, 6.45) is 2.41. The SMILES string of the molecule is CN=C(N)N1CCC[C@H](NC(C)C)C1C. The van der Waals surface area contributed by atoms with Crippen LogP contribution in [-0.2, 0) is 0 Å². The molecule has 3 N–H and O–H groups in total. The molecule has 15 heavy (non-hydrogen) atoms. The van der Waals surface area contributed by atoms with Crippen LogP contribution in [0.4, 0.5) is 0 Å². The maximum Gasteiger partial charge on any atom is 0.191 e. The summed E-state index contributed by atoms with van der Waals surface area (Å²) in [6, 6.07) is 1.49. The summed E-state index contributed by atoms with van der Waals surface area (Å²) in [5, 5.41) is 3.59. The summed E-state index contributed by atoms with van der Waals surface area (Å²) in [4.78, 5) is 6.27. The van der Waals surface area contributed by atoms with Crippen LogP contribution in [0.5, 0.6) is 0 Å². The molecule has 4 heteroatoms. The average Bonchev–Trinajstić information content (AvgIpc) is 2.19. The molecule has 0 aromatic heterocycles. The van der Waals surface area contributed by atoms with Crippen molar-refractivity contribution in [2.75, 3.05) is 13.6 Å². The topological polar surface area (TPSA) is 53.6 Å². The van der Waals surface area contributed by atoms with Crippen LogP contribution >= 0.6 is 0 Å². The highest BCUT2D eigenvalue weighted by Crippen LogP contribution is 2.17. The Morgan fingerprint density at radius 1 is 1.53 bits per heavy atom. The van der Waals surface area contributed by atoms with Crippen molar-refractivity contribution >= 4 is 5.96 Å². The van der Waals surface area contributed by atoms with Gasteiger partial charge < -0.3 is 16.0 Å². The van der Waals surface area contributed by atoms with Gasteiger partial charge in [0.25, 0.3) is 0 Å². The van der Waals surface area contributed by atoms with E-state index in [2.05, 4.69) is 36.0 Å². The van der Waals surface area contributed by atoms with Gasteiger partial charge in [-0.05, 0) is 19.8 Å². The van der Waals surface area contributed by atoms with Crippen LogP contribution in [0.25, 0.3) is 0 Å². The molecule has 0 aromatic carbocycles. The third-order valence-electron chi connectivity index (χ3n) is 3.06. The van der Waals surface area contributed by atoms with E-state index in [0.29, 0.717) is 24.1 Å². The van der Waals surface area contributed by atoms with Crippen LogP contribution in [0.15, 0.2) is 4.99 Å². The highest BCUT2D eigenvalue weighted by atomic mass is 15.3. The van der Waals surface area contributed by atoms with Crippen molar-refractivity contribution in [1.29, 1.82) is 0 Å². The Kier molecular flexibility index (Phi) is 4.39. The zero-order valence-corrected chi connectivity index (χ0v) is 10.3. The van der Waals surface area contributed by atoms with Gasteiger partial charge in [-0.2, -0.15) is 0 Å². The van der Waals surface area contributed by atoms with Crippen molar-refractivity contribution in [1.82, 2.24) is 10.2 Å². The van der Waals surface area contributed by atoms with Gasteiger partial charge in [0, 0.05) is 31.7 Å². The van der Waals surface area contributed by atoms with E-state index in [1.54, 1.807) is 7.05 Å². The van der Waals surface area contributed by atoms with E-state index in [4.69, 9.17) is 5.73 Å². The first-order chi connectivity index (χ1) is 7.06. The lowest BCUT2D eigenvalue weighted by molar-refractivity contribution is 0.191. The van der Waals surface area contributed by atoms with Gasteiger partial charge in [-0.15, -0.1) is 0 Å². The van der Waals surface area contributed by atoms with Crippen molar-refractivity contribution in [2.24, 2.45) is 10.7 Å². The number of nitrogens with one attached hydrogen (secondary N) is 1. The highest BCUT2D eigenvalue weighted by Gasteiger charge is 2.28. The monoisotopic (exact) mass is 212 g/mol. The number of aliphatic imine (C=N–C) groups is 1. The number of piperidine rings is 1. The van der Waals surface area contributed by atoms with Crippen LogP contribution in [-0.4, -0.2) is 42.6 Å². The molecule has 0 bridgehead atoms. The molecule has 1 saturated heterocycles. The summed E-state index contributed by atoms with van der Waals surface area (Å²) in [5.41, 5.74) is 5.88. The molecule has 0 aliphatic carbocycles. The Bertz CT molecular complexity index is 225. The first kappa shape index (κ1) is 12.3. The number of hydrogen-bond acceptors (Lipinski definition) is 2. The maximum atomic E-state index is 5.88. The lowest BCUT2D eigenvalue weighted by Gasteiger charge is -2.41. The van der Waals surface area contributed by atoms with E-state index in [9.17, 15) is 0 Å². The standard InChI is InChI=1S/C11H24N4/c1-8(2)14-10-6-5-7-15(9(10)3)11(12)13-4/h8-10,14H,5-7H2,1-4H3,(H2,12,13)/t9?,10-/m0/s1. The van der Waals surface area contributed by atoms with Gasteiger partial charge in [-0.1, -0.05) is 13.8 Å². The molecule has 0 saturated carbocycles. The second-order valence-electron chi connectivity index (χ2n) is 4.59. The van der Waals surface area contributed by atoms with Crippen molar-refractivity contribution in [3.05, 3.63) is 0 Å². The van der Waals surface area contributed by atoms with Crippen molar-refractivity contribution in [3.8, 4) is 0 Å². The van der Waals surface area contributed by atoms with Crippen LogP contribution in [0.2, 0.25) is 0 Å². The predicted molar refractivity (Wildman–Crippen MR) is 65.0 cm³/mol. The number of likely N-dealkylation sites (tertiary alicyclic amines) is 1. The van der Waals surface area contributed by atoms with E-state index >= 15 is 0 Å². The number of rotatable bonds is 2. The predicted octanol–water partition coefficient (Wildman–Crippen LogP) is 0.782. The van der Waals surface area contributed by atoms with E-state index in [1.165, 1.54) is 12.8 Å². The number of guanidine groups is 1. The third-order valence-corrected chi connectivity index (χ3v) is 3.06. The van der Waals surface area contributed by atoms with Gasteiger partial charge in [0.05, 0.1) is 0 Å². The molecule has 0 aromatic rings. The van der Waals surface area contributed by atoms with Crippen molar-refractivity contribution < 1.29 is 0 Å². The minimum absolute atomic E-state index is 0.435. The zero-order valence-electron chi connectivity index (χ0n) is 10.3. The smallest absolute Gasteiger partial charge is 0.191 e. The summed E-state index contributed by atoms with van der Waals surface area (Å²) >= 11 is 0. The van der Waals surface area contributed by atoms with Gasteiger partial charge in [0.2, 0.25) is 0 Å². The van der Waals surface area contributed by atoms with Crippen LogP contribution in [0.1, 0.15) is 33.6 Å². The summed E-state index contributed by atoms with van der Waals surface area (Å²) in [5.74, 6) is 0.665. The van der Waals surface area contributed by atoms with Gasteiger partial charge in [0.15, 0.2) is 5.96 Å². The van der Waals surface area contributed by atoms with Gasteiger partial charge in [-0.25, -0.2) is 0 Å². The van der Waals surface area contributed by atoms with Crippen molar-refractivity contribution in [2.45, 2.75) is 51.7 Å². The molecule has 4 nitrogen and oxygen atoms in total. The van der Waals surface area contributed by atoms with Gasteiger partial charge in [0.1, 0.15) is 0 Å². The average molecular weight is 212 g/mol. The molecule has 1 heterocycles. The van der Waals surface area contributed by atoms with Crippen LogP contribution < -0.4 is 11.1 Å². The normalized spacial score (nSPS) is 28.6. The Labute approximate surface area is 92.9 Å². The van der Waals surface area contributed by atoms with Gasteiger partial charge in [-0.3, -0.25) is 4.99 Å². The summed E-state index contributed by atoms with van der Waals surface area (Å²) in [6.45, 7) is 7.61. The number of nitrogens with zero attached hydrogens (tertiary/aromatic N) is 2. The minimum atomic E-state index is 0.435. The van der Waals surface area contributed by atoms with Crippen LogP contribution in [0.3, 0.4) is 0 Å². The minimum Gasteiger partial charge on any atom is -0.370 e. The highest BCUT2D eigenvalue weighted by molar-refractivity contribution is 5.78. The Hall–Kier alpha value is -0.770. The number of hydrogen-bond donors (Lipinski definition) is 2. The molecular formula is C11H24N4. The van der Waals surface area contributed by atoms with E-state index in [0.717, 1.165) is 6.54 Å². The van der Waals surface area contributed by atoms with Crippen molar-refractivity contribution in [3.63, 3.8) is 0 Å². The molecular weight excluding hydrogens is 188 g/mol. The molecule has 0 radical (unpaired) electrons. The summed E-state index contributed by atoms with van der Waals surface area (Å²) in [7, 11) is 1.75. The second kappa shape index (κ2) is 5.35. The summed E-state index contributed by atoms with van der Waals surface area (Å²) < 4.78 is 0. The maximum absolute atomic E-state index is 5.88. The Morgan fingerprint density at radius 3 is 2.73 bits per heavy atom.